The van der Waals surface area contributed by atoms with E-state index in [0.29, 0.717) is 30.2 Å². The van der Waals surface area contributed by atoms with Crippen molar-refractivity contribution in [1.29, 1.82) is 0 Å². The van der Waals surface area contributed by atoms with Crippen LogP contribution in [-0.2, 0) is 11.3 Å². The summed E-state index contributed by atoms with van der Waals surface area (Å²) in [5.74, 6) is 0.630. The van der Waals surface area contributed by atoms with E-state index in [0.717, 1.165) is 19.6 Å². The molecule has 8 heteroatoms. The molecule has 2 heterocycles. The summed E-state index contributed by atoms with van der Waals surface area (Å²) in [5.41, 5.74) is 2.76. The summed E-state index contributed by atoms with van der Waals surface area (Å²) in [6, 6.07) is 11.2. The maximum absolute atomic E-state index is 12.6. The van der Waals surface area contributed by atoms with Crippen molar-refractivity contribution in [3.8, 4) is 11.5 Å². The lowest BCUT2D eigenvalue weighted by molar-refractivity contribution is -0.385. The standard InChI is InChI=1S/C22H23N3O5/c1-16-4-2-3-5-18(16)14-23-8-10-24(11-9-23)22(26)7-6-17-12-20-21(30-15-29-20)13-19(17)25(27)28/h2-7,12-13H,8-11,14-15H2,1H3/b7-6+. The highest BCUT2D eigenvalue weighted by Gasteiger charge is 2.23. The van der Waals surface area contributed by atoms with Crippen LogP contribution < -0.4 is 9.47 Å². The van der Waals surface area contributed by atoms with E-state index in [9.17, 15) is 14.9 Å². The fourth-order valence-corrected chi connectivity index (χ4v) is 3.66. The molecule has 0 saturated carbocycles. The third-order valence-corrected chi connectivity index (χ3v) is 5.46. The van der Waals surface area contributed by atoms with E-state index in [1.807, 2.05) is 12.1 Å². The zero-order valence-electron chi connectivity index (χ0n) is 16.7. The molecule has 1 saturated heterocycles. The van der Waals surface area contributed by atoms with Crippen LogP contribution in [-0.4, -0.2) is 53.6 Å². The first-order chi connectivity index (χ1) is 14.5. The minimum absolute atomic E-state index is 0.0331. The van der Waals surface area contributed by atoms with Crippen LogP contribution in [0.4, 0.5) is 5.69 Å². The second-order valence-corrected chi connectivity index (χ2v) is 7.38. The zero-order chi connectivity index (χ0) is 21.1. The number of hydrogen-bond acceptors (Lipinski definition) is 6. The number of fused-ring (bicyclic) bond motifs is 1. The quantitative estimate of drug-likeness (QED) is 0.429. The summed E-state index contributed by atoms with van der Waals surface area (Å²) < 4.78 is 10.5. The van der Waals surface area contributed by atoms with Crippen molar-refractivity contribution in [2.75, 3.05) is 33.0 Å². The SMILES string of the molecule is Cc1ccccc1CN1CCN(C(=O)/C=C/c2cc3c(cc2[N+](=O)[O-])OCO3)CC1. The van der Waals surface area contributed by atoms with E-state index in [1.165, 1.54) is 35.4 Å². The van der Waals surface area contributed by atoms with Gasteiger partial charge in [0.2, 0.25) is 12.7 Å². The molecule has 156 valence electrons. The van der Waals surface area contributed by atoms with Crippen molar-refractivity contribution < 1.29 is 19.2 Å². The van der Waals surface area contributed by atoms with Crippen LogP contribution in [0.5, 0.6) is 11.5 Å². The number of hydrogen-bond donors (Lipinski definition) is 0. The number of carbonyl (C=O) groups excluding carboxylic acids is 1. The summed E-state index contributed by atoms with van der Waals surface area (Å²) in [5, 5.41) is 11.4. The molecule has 8 nitrogen and oxygen atoms in total. The highest BCUT2D eigenvalue weighted by molar-refractivity contribution is 5.92. The van der Waals surface area contributed by atoms with Crippen LogP contribution >= 0.6 is 0 Å². The fraction of sp³-hybridized carbons (Fsp3) is 0.318. The maximum atomic E-state index is 12.6. The largest absolute Gasteiger partial charge is 0.454 e. The Morgan fingerprint density at radius 3 is 2.53 bits per heavy atom. The van der Waals surface area contributed by atoms with E-state index < -0.39 is 4.92 Å². The van der Waals surface area contributed by atoms with Gasteiger partial charge in [0.25, 0.3) is 5.69 Å². The molecular weight excluding hydrogens is 386 g/mol. The molecule has 1 fully saturated rings. The second kappa shape index (κ2) is 8.54. The van der Waals surface area contributed by atoms with Crippen molar-refractivity contribution in [3.05, 3.63) is 69.3 Å². The Hall–Kier alpha value is -3.39. The van der Waals surface area contributed by atoms with Gasteiger partial charge >= 0.3 is 0 Å². The Morgan fingerprint density at radius 1 is 1.13 bits per heavy atom. The average Bonchev–Trinajstić information content (AvgIpc) is 3.21. The van der Waals surface area contributed by atoms with Gasteiger partial charge in [-0.15, -0.1) is 0 Å². The molecule has 30 heavy (non-hydrogen) atoms. The molecule has 2 aliphatic rings. The Kier molecular flexibility index (Phi) is 5.67. The molecule has 0 N–H and O–H groups in total. The van der Waals surface area contributed by atoms with Gasteiger partial charge in [-0.05, 0) is 30.2 Å². The van der Waals surface area contributed by atoms with Crippen LogP contribution in [0.2, 0.25) is 0 Å². The summed E-state index contributed by atoms with van der Waals surface area (Å²) >= 11 is 0. The predicted octanol–water partition coefficient (Wildman–Crippen LogP) is 2.99. The van der Waals surface area contributed by atoms with E-state index in [4.69, 9.17) is 9.47 Å². The Bertz CT molecular complexity index is 996. The summed E-state index contributed by atoms with van der Waals surface area (Å²) in [6.07, 6.45) is 2.86. The predicted molar refractivity (Wildman–Crippen MR) is 111 cm³/mol. The smallest absolute Gasteiger partial charge is 0.280 e. The molecule has 0 atom stereocenters. The first-order valence-corrected chi connectivity index (χ1v) is 9.83. The maximum Gasteiger partial charge on any atom is 0.280 e. The Balaban J connectivity index is 1.38. The second-order valence-electron chi connectivity index (χ2n) is 7.38. The third kappa shape index (κ3) is 4.28. The zero-order valence-corrected chi connectivity index (χ0v) is 16.7. The fourth-order valence-electron chi connectivity index (χ4n) is 3.66. The lowest BCUT2D eigenvalue weighted by atomic mass is 10.1. The number of ether oxygens (including phenoxy) is 2. The number of piperazine rings is 1. The first kappa shape index (κ1) is 19.9. The molecular formula is C22H23N3O5. The van der Waals surface area contributed by atoms with Crippen LogP contribution in [0.25, 0.3) is 6.08 Å². The van der Waals surface area contributed by atoms with Crippen LogP contribution in [0.3, 0.4) is 0 Å². The number of carbonyl (C=O) groups is 1. The summed E-state index contributed by atoms with van der Waals surface area (Å²) in [6.45, 7) is 5.83. The van der Waals surface area contributed by atoms with Gasteiger partial charge in [0, 0.05) is 38.8 Å². The van der Waals surface area contributed by atoms with E-state index in [-0.39, 0.29) is 18.4 Å². The molecule has 2 aromatic carbocycles. The first-order valence-electron chi connectivity index (χ1n) is 9.83. The van der Waals surface area contributed by atoms with Crippen molar-refractivity contribution in [3.63, 3.8) is 0 Å². The van der Waals surface area contributed by atoms with Gasteiger partial charge in [-0.2, -0.15) is 0 Å². The van der Waals surface area contributed by atoms with Crippen LogP contribution in [0, 0.1) is 17.0 Å². The molecule has 0 aliphatic carbocycles. The van der Waals surface area contributed by atoms with Crippen LogP contribution in [0.1, 0.15) is 16.7 Å². The van der Waals surface area contributed by atoms with E-state index in [1.54, 1.807) is 4.90 Å². The Labute approximate surface area is 174 Å². The van der Waals surface area contributed by atoms with Gasteiger partial charge in [-0.1, -0.05) is 24.3 Å². The molecule has 0 unspecified atom stereocenters. The van der Waals surface area contributed by atoms with Gasteiger partial charge in [-0.3, -0.25) is 19.8 Å². The minimum atomic E-state index is -0.490. The van der Waals surface area contributed by atoms with E-state index >= 15 is 0 Å². The monoisotopic (exact) mass is 409 g/mol. The number of nitro benzene ring substituents is 1. The number of aryl methyl sites for hydroxylation is 1. The third-order valence-electron chi connectivity index (χ3n) is 5.46. The lowest BCUT2D eigenvalue weighted by Crippen LogP contribution is -2.47. The van der Waals surface area contributed by atoms with Crippen molar-refractivity contribution >= 4 is 17.7 Å². The topological polar surface area (TPSA) is 85.2 Å². The van der Waals surface area contributed by atoms with Crippen molar-refractivity contribution in [2.24, 2.45) is 0 Å². The number of benzene rings is 2. The average molecular weight is 409 g/mol. The molecule has 0 radical (unpaired) electrons. The van der Waals surface area contributed by atoms with Crippen molar-refractivity contribution in [2.45, 2.75) is 13.5 Å². The van der Waals surface area contributed by atoms with Gasteiger partial charge in [0.15, 0.2) is 11.5 Å². The van der Waals surface area contributed by atoms with Crippen molar-refractivity contribution in [1.82, 2.24) is 9.80 Å². The number of amides is 1. The highest BCUT2D eigenvalue weighted by Crippen LogP contribution is 2.38. The van der Waals surface area contributed by atoms with Crippen LogP contribution in [0.15, 0.2) is 42.5 Å². The van der Waals surface area contributed by atoms with Gasteiger partial charge in [0.05, 0.1) is 16.6 Å². The Morgan fingerprint density at radius 2 is 1.83 bits per heavy atom. The molecule has 0 bridgehead atoms. The number of nitrogens with zero attached hydrogens (tertiary/aromatic N) is 3. The van der Waals surface area contributed by atoms with Gasteiger partial charge in [-0.25, -0.2) is 0 Å². The number of rotatable bonds is 5. The van der Waals surface area contributed by atoms with E-state index in [2.05, 4.69) is 24.0 Å². The molecule has 1 amide bonds. The lowest BCUT2D eigenvalue weighted by Gasteiger charge is -2.34. The molecule has 2 aromatic rings. The van der Waals surface area contributed by atoms with Gasteiger partial charge < -0.3 is 14.4 Å². The van der Waals surface area contributed by atoms with Gasteiger partial charge in [0.1, 0.15) is 0 Å². The minimum Gasteiger partial charge on any atom is -0.454 e. The summed E-state index contributed by atoms with van der Waals surface area (Å²) in [4.78, 5) is 27.6. The molecule has 0 aromatic heterocycles. The highest BCUT2D eigenvalue weighted by atomic mass is 16.7. The summed E-state index contributed by atoms with van der Waals surface area (Å²) in [7, 11) is 0. The molecule has 2 aliphatic heterocycles. The molecule has 0 spiro atoms. The molecule has 4 rings (SSSR count). The number of nitro groups is 1. The normalized spacial score (nSPS) is 16.2.